The number of amides is 1. The Labute approximate surface area is 150 Å². The highest BCUT2D eigenvalue weighted by Gasteiger charge is 2.66. The molecule has 0 radical (unpaired) electrons. The number of piperidine rings is 1. The van der Waals surface area contributed by atoms with E-state index in [1.807, 2.05) is 6.92 Å². The van der Waals surface area contributed by atoms with Gasteiger partial charge in [0.1, 0.15) is 0 Å². The quantitative estimate of drug-likeness (QED) is 0.647. The maximum atomic E-state index is 13.2. The standard InChI is InChI=1S/C15H27N3O5S2/c1-4-16-8-7-15(13(16)19)12-18(25(3,22)23)11-14(15)5-9-17(10-6-14)24(2,20)21/h4-12H2,1-3H3/t15-/m0/s1. The number of likely N-dealkylation sites (tertiary alicyclic amines) is 1. The first-order valence-electron chi connectivity index (χ1n) is 8.65. The molecular weight excluding hydrogens is 366 g/mol. The van der Waals surface area contributed by atoms with Crippen LogP contribution in [0.15, 0.2) is 0 Å². The summed E-state index contributed by atoms with van der Waals surface area (Å²) >= 11 is 0. The summed E-state index contributed by atoms with van der Waals surface area (Å²) < 4.78 is 50.9. The van der Waals surface area contributed by atoms with Gasteiger partial charge in [-0.1, -0.05) is 0 Å². The molecule has 3 aliphatic rings. The van der Waals surface area contributed by atoms with E-state index in [1.54, 1.807) is 4.90 Å². The molecule has 0 saturated carbocycles. The van der Waals surface area contributed by atoms with Crippen LogP contribution in [0.3, 0.4) is 0 Å². The van der Waals surface area contributed by atoms with Gasteiger partial charge in [-0.2, -0.15) is 0 Å². The third-order valence-electron chi connectivity index (χ3n) is 6.44. The van der Waals surface area contributed by atoms with Crippen molar-refractivity contribution in [1.29, 1.82) is 0 Å². The summed E-state index contributed by atoms with van der Waals surface area (Å²) in [6.07, 6.45) is 4.06. The van der Waals surface area contributed by atoms with Crippen molar-refractivity contribution in [2.24, 2.45) is 10.8 Å². The fourth-order valence-electron chi connectivity index (χ4n) is 4.91. The largest absolute Gasteiger partial charge is 0.342 e. The van der Waals surface area contributed by atoms with Crippen molar-refractivity contribution in [3.05, 3.63) is 0 Å². The second-order valence-corrected chi connectivity index (χ2v) is 11.7. The zero-order chi connectivity index (χ0) is 18.7. The van der Waals surface area contributed by atoms with Gasteiger partial charge in [-0.3, -0.25) is 4.79 Å². The number of sulfonamides is 2. The van der Waals surface area contributed by atoms with Crippen LogP contribution in [-0.4, -0.2) is 88.0 Å². The van der Waals surface area contributed by atoms with Gasteiger partial charge in [0.15, 0.2) is 0 Å². The summed E-state index contributed by atoms with van der Waals surface area (Å²) in [6.45, 7) is 4.41. The molecule has 0 aromatic heterocycles. The molecule has 10 heteroatoms. The lowest BCUT2D eigenvalue weighted by molar-refractivity contribution is -0.141. The Morgan fingerprint density at radius 2 is 1.44 bits per heavy atom. The van der Waals surface area contributed by atoms with Crippen molar-refractivity contribution in [2.75, 3.05) is 51.8 Å². The van der Waals surface area contributed by atoms with Crippen molar-refractivity contribution in [3.63, 3.8) is 0 Å². The van der Waals surface area contributed by atoms with Gasteiger partial charge in [-0.15, -0.1) is 0 Å². The van der Waals surface area contributed by atoms with E-state index in [0.717, 1.165) is 0 Å². The van der Waals surface area contributed by atoms with Gasteiger partial charge < -0.3 is 4.90 Å². The average Bonchev–Trinajstić information content (AvgIpc) is 2.99. The maximum absolute atomic E-state index is 13.2. The smallest absolute Gasteiger partial charge is 0.230 e. The normalized spacial score (nSPS) is 31.5. The molecular formula is C15H27N3O5S2. The lowest BCUT2D eigenvalue weighted by Gasteiger charge is -2.46. The lowest BCUT2D eigenvalue weighted by atomic mass is 9.60. The van der Waals surface area contributed by atoms with Crippen LogP contribution < -0.4 is 0 Å². The number of hydrogen-bond acceptors (Lipinski definition) is 5. The molecule has 0 aromatic carbocycles. The van der Waals surface area contributed by atoms with Gasteiger partial charge in [0, 0.05) is 44.7 Å². The molecule has 0 aliphatic carbocycles. The van der Waals surface area contributed by atoms with E-state index in [4.69, 9.17) is 0 Å². The Balaban J connectivity index is 1.97. The van der Waals surface area contributed by atoms with Crippen molar-refractivity contribution < 1.29 is 21.6 Å². The number of nitrogens with zero attached hydrogens (tertiary/aromatic N) is 3. The lowest BCUT2D eigenvalue weighted by Crippen LogP contribution is -2.53. The summed E-state index contributed by atoms with van der Waals surface area (Å²) in [4.78, 5) is 15.0. The van der Waals surface area contributed by atoms with Crippen LogP contribution in [0, 0.1) is 10.8 Å². The average molecular weight is 394 g/mol. The van der Waals surface area contributed by atoms with Crippen LogP contribution in [0.4, 0.5) is 0 Å². The van der Waals surface area contributed by atoms with E-state index in [1.165, 1.54) is 21.1 Å². The first-order chi connectivity index (χ1) is 11.5. The molecule has 1 atom stereocenters. The number of carbonyl (C=O) groups excluding carboxylic acids is 1. The monoisotopic (exact) mass is 393 g/mol. The van der Waals surface area contributed by atoms with Crippen LogP contribution in [0.1, 0.15) is 26.2 Å². The van der Waals surface area contributed by atoms with Crippen molar-refractivity contribution >= 4 is 26.0 Å². The van der Waals surface area contributed by atoms with Crippen LogP contribution in [0.25, 0.3) is 0 Å². The molecule has 8 nitrogen and oxygen atoms in total. The molecule has 3 aliphatic heterocycles. The summed E-state index contributed by atoms with van der Waals surface area (Å²) in [5, 5.41) is 0. The zero-order valence-corrected chi connectivity index (χ0v) is 16.7. The molecule has 144 valence electrons. The molecule has 3 saturated heterocycles. The topological polar surface area (TPSA) is 95.1 Å². The van der Waals surface area contributed by atoms with Crippen LogP contribution in [-0.2, 0) is 24.8 Å². The minimum Gasteiger partial charge on any atom is -0.342 e. The number of rotatable bonds is 3. The van der Waals surface area contributed by atoms with E-state index in [9.17, 15) is 21.6 Å². The predicted octanol–water partition coefficient (Wildman–Crippen LogP) is -0.458. The SMILES string of the molecule is CCN1CC[C@]2(CN(S(C)(=O)=O)CC23CCN(S(C)(=O)=O)CC3)C1=O. The third-order valence-corrected chi connectivity index (χ3v) is 8.94. The van der Waals surface area contributed by atoms with Crippen molar-refractivity contribution in [1.82, 2.24) is 13.5 Å². The minimum atomic E-state index is -3.40. The second-order valence-electron chi connectivity index (χ2n) is 7.69. The number of carbonyl (C=O) groups is 1. The minimum absolute atomic E-state index is 0.0361. The summed E-state index contributed by atoms with van der Waals surface area (Å²) in [7, 11) is -6.67. The fourth-order valence-corrected chi connectivity index (χ4v) is 6.69. The number of hydrogen-bond donors (Lipinski definition) is 0. The summed E-state index contributed by atoms with van der Waals surface area (Å²) in [6, 6.07) is 0. The van der Waals surface area contributed by atoms with Gasteiger partial charge in [-0.05, 0) is 26.2 Å². The molecule has 3 fully saturated rings. The fraction of sp³-hybridized carbons (Fsp3) is 0.933. The van der Waals surface area contributed by atoms with E-state index in [0.29, 0.717) is 52.0 Å². The highest BCUT2D eigenvalue weighted by Crippen LogP contribution is 2.58. The van der Waals surface area contributed by atoms with Gasteiger partial charge in [-0.25, -0.2) is 25.4 Å². The van der Waals surface area contributed by atoms with Crippen LogP contribution in [0.2, 0.25) is 0 Å². The molecule has 3 rings (SSSR count). The molecule has 25 heavy (non-hydrogen) atoms. The number of fused-ring (bicyclic) bond motifs is 1. The third kappa shape index (κ3) is 2.90. The Bertz CT molecular complexity index is 771. The van der Waals surface area contributed by atoms with Gasteiger partial charge in [0.05, 0.1) is 17.9 Å². The Hall–Kier alpha value is -0.710. The van der Waals surface area contributed by atoms with Gasteiger partial charge in [0.2, 0.25) is 26.0 Å². The Kier molecular flexibility index (Phi) is 4.50. The van der Waals surface area contributed by atoms with E-state index < -0.39 is 30.9 Å². The predicted molar refractivity (Wildman–Crippen MR) is 93.8 cm³/mol. The maximum Gasteiger partial charge on any atom is 0.230 e. The highest BCUT2D eigenvalue weighted by molar-refractivity contribution is 7.88. The Morgan fingerprint density at radius 1 is 0.880 bits per heavy atom. The summed E-state index contributed by atoms with van der Waals surface area (Å²) in [5.74, 6) is 0.0361. The summed E-state index contributed by atoms with van der Waals surface area (Å²) in [5.41, 5.74) is -1.19. The zero-order valence-electron chi connectivity index (χ0n) is 15.1. The van der Waals surface area contributed by atoms with E-state index in [-0.39, 0.29) is 12.5 Å². The van der Waals surface area contributed by atoms with Crippen LogP contribution >= 0.6 is 0 Å². The van der Waals surface area contributed by atoms with Crippen LogP contribution in [0.5, 0.6) is 0 Å². The van der Waals surface area contributed by atoms with Gasteiger partial charge >= 0.3 is 0 Å². The first kappa shape index (κ1) is 19.1. The van der Waals surface area contributed by atoms with Crippen molar-refractivity contribution in [2.45, 2.75) is 26.2 Å². The molecule has 0 unspecified atom stereocenters. The van der Waals surface area contributed by atoms with E-state index >= 15 is 0 Å². The first-order valence-corrected chi connectivity index (χ1v) is 12.3. The van der Waals surface area contributed by atoms with Crippen molar-refractivity contribution in [3.8, 4) is 0 Å². The van der Waals surface area contributed by atoms with E-state index in [2.05, 4.69) is 0 Å². The second kappa shape index (κ2) is 5.90. The molecule has 0 N–H and O–H groups in total. The molecule has 1 amide bonds. The highest BCUT2D eigenvalue weighted by atomic mass is 32.2. The Morgan fingerprint density at radius 3 is 1.88 bits per heavy atom. The molecule has 0 bridgehead atoms. The molecule has 2 spiro atoms. The molecule has 0 aromatic rings. The van der Waals surface area contributed by atoms with Gasteiger partial charge in [0.25, 0.3) is 0 Å². The molecule has 3 heterocycles.